The van der Waals surface area contributed by atoms with Crippen molar-refractivity contribution in [2.75, 3.05) is 13.7 Å². The number of aliphatic hydroxyl groups is 3. The van der Waals surface area contributed by atoms with E-state index in [1.54, 1.807) is 0 Å². The summed E-state index contributed by atoms with van der Waals surface area (Å²) >= 11 is 0. The molecule has 0 aromatic rings. The van der Waals surface area contributed by atoms with Crippen LogP contribution >= 0.6 is 0 Å². The minimum Gasteiger partial charge on any atom is -0.396 e. The number of methoxy groups -OCH3 is 1. The van der Waals surface area contributed by atoms with Crippen molar-refractivity contribution in [1.29, 1.82) is 0 Å². The summed E-state index contributed by atoms with van der Waals surface area (Å²) in [4.78, 5) is 0. The molecule has 0 radical (unpaired) electrons. The molecular formula is C23H38O4. The van der Waals surface area contributed by atoms with Crippen molar-refractivity contribution >= 4 is 0 Å². The molecule has 0 aromatic carbocycles. The number of ether oxygens (including phenoxy) is 1. The molecule has 5 fully saturated rings. The molecule has 0 heterocycles. The second kappa shape index (κ2) is 5.50. The van der Waals surface area contributed by atoms with Crippen LogP contribution in [-0.2, 0) is 4.74 Å². The van der Waals surface area contributed by atoms with Gasteiger partial charge in [0, 0.05) is 30.5 Å². The highest BCUT2D eigenvalue weighted by Gasteiger charge is 2.78. The van der Waals surface area contributed by atoms with Crippen LogP contribution in [0.25, 0.3) is 0 Å². The molecule has 0 bridgehead atoms. The maximum Gasteiger partial charge on any atom is 0.101 e. The Morgan fingerprint density at radius 3 is 2.41 bits per heavy atom. The van der Waals surface area contributed by atoms with Gasteiger partial charge >= 0.3 is 0 Å². The Kier molecular flexibility index (Phi) is 3.84. The maximum absolute atomic E-state index is 11.7. The lowest BCUT2D eigenvalue weighted by Gasteiger charge is -2.61. The van der Waals surface area contributed by atoms with E-state index in [2.05, 4.69) is 13.8 Å². The summed E-state index contributed by atoms with van der Waals surface area (Å²) < 4.78 is 6.13. The van der Waals surface area contributed by atoms with Crippen LogP contribution in [0, 0.1) is 45.8 Å². The van der Waals surface area contributed by atoms with Crippen molar-refractivity contribution in [2.24, 2.45) is 45.8 Å². The molecule has 3 N–H and O–H groups in total. The van der Waals surface area contributed by atoms with Crippen molar-refractivity contribution < 1.29 is 20.1 Å². The molecule has 4 heteroatoms. The van der Waals surface area contributed by atoms with Crippen LogP contribution in [0.4, 0.5) is 0 Å². The van der Waals surface area contributed by atoms with E-state index in [0.29, 0.717) is 41.1 Å². The van der Waals surface area contributed by atoms with Crippen LogP contribution in [0.2, 0.25) is 0 Å². The topological polar surface area (TPSA) is 69.9 Å². The summed E-state index contributed by atoms with van der Waals surface area (Å²) in [5.41, 5.74) is -0.746. The second-order valence-electron chi connectivity index (χ2n) is 11.4. The SMILES string of the molecule is CO[C@@H]1CC2C3C[C@H](O)[C@](O)([C@H](C)CO)[C@@]3(C)CCC2[C@@]2(C)CC[C@H]3CC312. The number of hydrogen-bond donors (Lipinski definition) is 3. The third-order valence-corrected chi connectivity index (χ3v) is 11.1. The average Bonchev–Trinajstić information content (AvgIpc) is 3.25. The summed E-state index contributed by atoms with van der Waals surface area (Å²) in [6.07, 6.45) is 7.48. The smallest absolute Gasteiger partial charge is 0.101 e. The quantitative estimate of drug-likeness (QED) is 0.706. The third-order valence-electron chi connectivity index (χ3n) is 11.1. The van der Waals surface area contributed by atoms with Crippen LogP contribution in [0.1, 0.15) is 65.7 Å². The largest absolute Gasteiger partial charge is 0.396 e. The van der Waals surface area contributed by atoms with Gasteiger partial charge in [-0.05, 0) is 74.0 Å². The Bertz CT molecular complexity index is 638. The lowest BCUT2D eigenvalue weighted by molar-refractivity contribution is -0.206. The number of rotatable bonds is 3. The van der Waals surface area contributed by atoms with Crippen LogP contribution in [0.15, 0.2) is 0 Å². The first kappa shape index (κ1) is 18.8. The summed E-state index contributed by atoms with van der Waals surface area (Å²) in [5, 5.41) is 32.5. The van der Waals surface area contributed by atoms with Gasteiger partial charge in [0.15, 0.2) is 0 Å². The van der Waals surface area contributed by atoms with Crippen molar-refractivity contribution in [3.05, 3.63) is 0 Å². The molecule has 0 aromatic heterocycles. The number of aliphatic hydroxyl groups excluding tert-OH is 2. The van der Waals surface area contributed by atoms with E-state index in [1.807, 2.05) is 14.0 Å². The molecule has 5 saturated carbocycles. The fourth-order valence-corrected chi connectivity index (χ4v) is 9.66. The number of hydrogen-bond acceptors (Lipinski definition) is 4. The van der Waals surface area contributed by atoms with Crippen molar-refractivity contribution in [3.8, 4) is 0 Å². The van der Waals surface area contributed by atoms with E-state index in [4.69, 9.17) is 4.74 Å². The van der Waals surface area contributed by atoms with Gasteiger partial charge in [-0.25, -0.2) is 0 Å². The fourth-order valence-electron chi connectivity index (χ4n) is 9.66. The van der Waals surface area contributed by atoms with Crippen LogP contribution in [0.3, 0.4) is 0 Å². The molecule has 0 saturated heterocycles. The number of fused-ring (bicyclic) bond motifs is 4. The molecule has 11 atom stereocenters. The zero-order chi connectivity index (χ0) is 19.4. The highest BCUT2D eigenvalue weighted by molar-refractivity contribution is 5.27. The fraction of sp³-hybridized carbons (Fsp3) is 1.00. The Labute approximate surface area is 163 Å². The van der Waals surface area contributed by atoms with Crippen molar-refractivity contribution in [1.82, 2.24) is 0 Å². The van der Waals surface area contributed by atoms with Crippen LogP contribution in [0.5, 0.6) is 0 Å². The first-order chi connectivity index (χ1) is 12.7. The average molecular weight is 379 g/mol. The van der Waals surface area contributed by atoms with E-state index >= 15 is 0 Å². The van der Waals surface area contributed by atoms with Crippen LogP contribution < -0.4 is 0 Å². The van der Waals surface area contributed by atoms with E-state index < -0.39 is 11.7 Å². The minimum atomic E-state index is -1.19. The minimum absolute atomic E-state index is 0.0762. The summed E-state index contributed by atoms with van der Waals surface area (Å²) in [5.74, 6) is 2.07. The molecular weight excluding hydrogens is 340 g/mol. The van der Waals surface area contributed by atoms with Gasteiger partial charge in [0.1, 0.15) is 5.60 Å². The monoisotopic (exact) mass is 378 g/mol. The normalized spacial score (nSPS) is 62.3. The van der Waals surface area contributed by atoms with E-state index in [9.17, 15) is 15.3 Å². The molecule has 0 amide bonds. The van der Waals surface area contributed by atoms with E-state index in [1.165, 1.54) is 19.3 Å². The van der Waals surface area contributed by atoms with Crippen molar-refractivity contribution in [3.63, 3.8) is 0 Å². The second-order valence-corrected chi connectivity index (χ2v) is 11.4. The summed E-state index contributed by atoms with van der Waals surface area (Å²) in [6, 6.07) is 0. The zero-order valence-corrected chi connectivity index (χ0v) is 17.4. The van der Waals surface area contributed by atoms with Gasteiger partial charge in [-0.1, -0.05) is 20.8 Å². The molecule has 5 rings (SSSR count). The predicted molar refractivity (Wildman–Crippen MR) is 103 cm³/mol. The van der Waals surface area contributed by atoms with Gasteiger partial charge in [0.2, 0.25) is 0 Å². The Hall–Kier alpha value is -0.160. The standard InChI is InChI=1S/C23H38O4/c1-13(12-24)23(26)18(25)10-17-15-9-19(27-4)22-11-14(22)5-7-20(22,2)16(15)6-8-21(17,23)3/h13-19,24-26H,5-12H2,1-4H3/t13-,14+,15?,16?,17?,18+,19-,20-,21+,22?,23-/m1/s1. The molecule has 0 aliphatic heterocycles. The first-order valence-corrected chi connectivity index (χ1v) is 11.2. The molecule has 4 nitrogen and oxygen atoms in total. The van der Waals surface area contributed by atoms with Gasteiger partial charge in [-0.15, -0.1) is 0 Å². The zero-order valence-electron chi connectivity index (χ0n) is 17.4. The molecule has 4 unspecified atom stereocenters. The van der Waals surface area contributed by atoms with Gasteiger partial charge in [0.05, 0.1) is 12.2 Å². The molecule has 1 spiro atoms. The molecule has 5 aliphatic carbocycles. The lowest BCUT2D eigenvalue weighted by atomic mass is 9.44. The van der Waals surface area contributed by atoms with E-state index in [0.717, 1.165) is 25.2 Å². The Morgan fingerprint density at radius 2 is 1.78 bits per heavy atom. The summed E-state index contributed by atoms with van der Waals surface area (Å²) in [7, 11) is 1.89. The summed E-state index contributed by atoms with van der Waals surface area (Å²) in [6.45, 7) is 6.55. The maximum atomic E-state index is 11.7. The van der Waals surface area contributed by atoms with E-state index in [-0.39, 0.29) is 17.9 Å². The first-order valence-electron chi connectivity index (χ1n) is 11.2. The third kappa shape index (κ3) is 1.86. The lowest BCUT2D eigenvalue weighted by Crippen LogP contribution is -2.61. The van der Waals surface area contributed by atoms with Crippen molar-refractivity contribution in [2.45, 2.75) is 83.5 Å². The predicted octanol–water partition coefficient (Wildman–Crippen LogP) is 2.98. The van der Waals surface area contributed by atoms with Gasteiger partial charge in [0.25, 0.3) is 0 Å². The van der Waals surface area contributed by atoms with Gasteiger partial charge < -0.3 is 20.1 Å². The molecule has 5 aliphatic rings. The van der Waals surface area contributed by atoms with Crippen LogP contribution in [-0.4, -0.2) is 46.8 Å². The Balaban J connectivity index is 1.54. The van der Waals surface area contributed by atoms with Gasteiger partial charge in [-0.3, -0.25) is 0 Å². The molecule has 27 heavy (non-hydrogen) atoms. The molecule has 154 valence electrons. The highest BCUT2D eigenvalue weighted by atomic mass is 16.5. The highest BCUT2D eigenvalue weighted by Crippen LogP contribution is 2.82. The Morgan fingerprint density at radius 1 is 1.07 bits per heavy atom. The van der Waals surface area contributed by atoms with Gasteiger partial charge in [-0.2, -0.15) is 0 Å².